The van der Waals surface area contributed by atoms with E-state index in [1.165, 1.54) is 0 Å². The first-order valence-electron chi connectivity index (χ1n) is 10.4. The number of carboxylic acid groups (broad SMARTS) is 1. The molecule has 1 amide bonds. The van der Waals surface area contributed by atoms with Crippen LogP contribution in [0.25, 0.3) is 0 Å². The number of likely N-dealkylation sites (tertiary alicyclic amines) is 1. The summed E-state index contributed by atoms with van der Waals surface area (Å²) in [5.41, 5.74) is 1.11. The van der Waals surface area contributed by atoms with E-state index in [-0.39, 0.29) is 17.4 Å². The molecule has 0 aromatic carbocycles. The summed E-state index contributed by atoms with van der Waals surface area (Å²) in [6, 6.07) is 9.29. The zero-order valence-corrected chi connectivity index (χ0v) is 17.8. The van der Waals surface area contributed by atoms with Gasteiger partial charge in [-0.3, -0.25) is 9.78 Å². The van der Waals surface area contributed by atoms with E-state index in [9.17, 15) is 18.0 Å². The molecule has 0 radical (unpaired) electrons. The van der Waals surface area contributed by atoms with Crippen molar-refractivity contribution in [2.45, 2.75) is 38.1 Å². The van der Waals surface area contributed by atoms with Gasteiger partial charge >= 0.3 is 12.1 Å². The molecule has 2 aliphatic heterocycles. The fourth-order valence-corrected chi connectivity index (χ4v) is 3.87. The predicted molar refractivity (Wildman–Crippen MR) is 108 cm³/mol. The average Bonchev–Trinajstić information content (AvgIpc) is 3.45. The molecule has 1 N–H and O–H groups in total. The van der Waals surface area contributed by atoms with Crippen molar-refractivity contribution < 1.29 is 41.8 Å². The van der Waals surface area contributed by atoms with Crippen molar-refractivity contribution in [1.82, 2.24) is 9.88 Å². The van der Waals surface area contributed by atoms with Gasteiger partial charge in [0.1, 0.15) is 0 Å². The zero-order valence-electron chi connectivity index (χ0n) is 17.8. The molecule has 0 bridgehead atoms. The van der Waals surface area contributed by atoms with Crippen LogP contribution in [-0.2, 0) is 20.9 Å². The van der Waals surface area contributed by atoms with Crippen molar-refractivity contribution in [1.29, 1.82) is 0 Å². The van der Waals surface area contributed by atoms with E-state index < -0.39 is 12.1 Å². The first-order chi connectivity index (χ1) is 15.7. The Bertz CT molecular complexity index is 897. The van der Waals surface area contributed by atoms with Gasteiger partial charge in [0.05, 0.1) is 37.9 Å². The van der Waals surface area contributed by atoms with E-state index >= 15 is 0 Å². The summed E-state index contributed by atoms with van der Waals surface area (Å²) in [6.07, 6.45) is 1.30. The minimum Gasteiger partial charge on any atom is -0.475 e. The van der Waals surface area contributed by atoms with Gasteiger partial charge in [-0.1, -0.05) is 6.07 Å². The number of aliphatic carboxylic acids is 1. The number of amides is 1. The van der Waals surface area contributed by atoms with Gasteiger partial charge in [-0.05, 0) is 48.9 Å². The second kappa shape index (κ2) is 10.8. The molecule has 0 aliphatic carbocycles. The third kappa shape index (κ3) is 7.03. The second-order valence-corrected chi connectivity index (χ2v) is 8.05. The highest BCUT2D eigenvalue weighted by Crippen LogP contribution is 2.42. The summed E-state index contributed by atoms with van der Waals surface area (Å²) >= 11 is 0. The van der Waals surface area contributed by atoms with Crippen molar-refractivity contribution in [2.24, 2.45) is 5.41 Å². The maximum atomic E-state index is 12.4. The number of carboxylic acids is 1. The highest BCUT2D eigenvalue weighted by molar-refractivity contribution is 5.91. The number of carbonyl (C=O) groups is 2. The first-order valence-corrected chi connectivity index (χ1v) is 10.4. The van der Waals surface area contributed by atoms with Crippen molar-refractivity contribution >= 4 is 11.9 Å². The third-order valence-electron chi connectivity index (χ3n) is 5.65. The number of piperidine rings is 1. The fourth-order valence-electron chi connectivity index (χ4n) is 3.87. The van der Waals surface area contributed by atoms with Crippen molar-refractivity contribution in [3.63, 3.8) is 0 Å². The van der Waals surface area contributed by atoms with Crippen LogP contribution in [0.2, 0.25) is 0 Å². The minimum atomic E-state index is -5.08. The Morgan fingerprint density at radius 3 is 2.52 bits per heavy atom. The molecule has 1 unspecified atom stereocenters. The lowest BCUT2D eigenvalue weighted by Crippen LogP contribution is -2.43. The second-order valence-electron chi connectivity index (χ2n) is 8.05. The van der Waals surface area contributed by atoms with E-state index in [0.29, 0.717) is 19.0 Å². The number of ether oxygens (including phenoxy) is 2. The number of halogens is 3. The summed E-state index contributed by atoms with van der Waals surface area (Å²) in [5.74, 6) is -2.35. The number of hydrogen-bond acceptors (Lipinski definition) is 6. The fraction of sp³-hybridized carbons (Fsp3) is 0.500. The molecule has 1 spiro atoms. The lowest BCUT2D eigenvalue weighted by atomic mass is 9.76. The summed E-state index contributed by atoms with van der Waals surface area (Å²) < 4.78 is 48.7. The molecule has 8 nitrogen and oxygen atoms in total. The number of rotatable bonds is 5. The van der Waals surface area contributed by atoms with E-state index in [1.54, 1.807) is 24.6 Å². The number of hydrogen-bond donors (Lipinski definition) is 1. The maximum Gasteiger partial charge on any atom is 0.490 e. The van der Waals surface area contributed by atoms with Gasteiger partial charge in [0.2, 0.25) is 0 Å². The first kappa shape index (κ1) is 24.7. The van der Waals surface area contributed by atoms with E-state index in [1.807, 2.05) is 23.1 Å². The molecule has 0 saturated carbocycles. The number of carbonyl (C=O) groups excluding carboxylic acids is 1. The third-order valence-corrected chi connectivity index (χ3v) is 5.65. The van der Waals surface area contributed by atoms with E-state index in [4.69, 9.17) is 23.8 Å². The van der Waals surface area contributed by atoms with Crippen LogP contribution in [-0.4, -0.2) is 65.5 Å². The van der Waals surface area contributed by atoms with Crippen LogP contribution >= 0.6 is 0 Å². The minimum absolute atomic E-state index is 0.0148. The summed E-state index contributed by atoms with van der Waals surface area (Å²) in [7, 11) is 0. The SMILES string of the molecule is O=C(O)C(F)(F)F.O=C(c1ccco1)N1CCC2(CC1)COC(COCc1ccccn1)C2. The lowest BCUT2D eigenvalue weighted by molar-refractivity contribution is -0.192. The Kier molecular flexibility index (Phi) is 8.09. The van der Waals surface area contributed by atoms with E-state index in [2.05, 4.69) is 4.98 Å². The zero-order chi connectivity index (χ0) is 23.9. The molecule has 2 aromatic rings. The molecule has 4 rings (SSSR count). The van der Waals surface area contributed by atoms with Crippen molar-refractivity contribution in [2.75, 3.05) is 26.3 Å². The topological polar surface area (TPSA) is 102 Å². The van der Waals surface area contributed by atoms with Crippen LogP contribution in [0.4, 0.5) is 13.2 Å². The van der Waals surface area contributed by atoms with Crippen LogP contribution in [0, 0.1) is 5.41 Å². The molecule has 1 atom stereocenters. The molecule has 2 saturated heterocycles. The largest absolute Gasteiger partial charge is 0.490 e. The van der Waals surface area contributed by atoms with Gasteiger partial charge in [-0.25, -0.2) is 4.79 Å². The van der Waals surface area contributed by atoms with Crippen LogP contribution in [0.1, 0.15) is 35.5 Å². The molecule has 11 heteroatoms. The Labute approximate surface area is 188 Å². The molecule has 2 aromatic heterocycles. The normalized spacial score (nSPS) is 19.7. The Morgan fingerprint density at radius 2 is 1.94 bits per heavy atom. The van der Waals surface area contributed by atoms with Crippen molar-refractivity contribution in [3.05, 3.63) is 54.2 Å². The van der Waals surface area contributed by atoms with Gasteiger partial charge in [-0.2, -0.15) is 13.2 Å². The highest BCUT2D eigenvalue weighted by atomic mass is 19.4. The van der Waals surface area contributed by atoms with Gasteiger partial charge in [0.25, 0.3) is 5.91 Å². The Balaban J connectivity index is 0.000000383. The standard InChI is InChI=1S/C20H24N2O4.C2HF3O2/c23-19(18-5-3-11-25-18)22-9-6-20(7-10-22)12-17(26-15-20)14-24-13-16-4-1-2-8-21-16;3-2(4,5)1(6)7/h1-5,8,11,17H,6-7,9-10,12-15H2;(H,6,7). The van der Waals surface area contributed by atoms with Crippen LogP contribution in [0.15, 0.2) is 47.2 Å². The maximum absolute atomic E-state index is 12.4. The molecular weight excluding hydrogens is 445 g/mol. The van der Waals surface area contributed by atoms with Gasteiger partial charge < -0.3 is 23.9 Å². The smallest absolute Gasteiger partial charge is 0.475 e. The molecule has 33 heavy (non-hydrogen) atoms. The molecule has 4 heterocycles. The van der Waals surface area contributed by atoms with Gasteiger partial charge in [0.15, 0.2) is 5.76 Å². The Morgan fingerprint density at radius 1 is 1.21 bits per heavy atom. The van der Waals surface area contributed by atoms with E-state index in [0.717, 1.165) is 44.7 Å². The number of alkyl halides is 3. The molecule has 2 aliphatic rings. The van der Waals surface area contributed by atoms with Crippen LogP contribution in [0.5, 0.6) is 0 Å². The average molecular weight is 470 g/mol. The predicted octanol–water partition coefficient (Wildman–Crippen LogP) is 3.54. The molecule has 180 valence electrons. The van der Waals surface area contributed by atoms with Crippen LogP contribution in [0.3, 0.4) is 0 Å². The van der Waals surface area contributed by atoms with Crippen LogP contribution < -0.4 is 0 Å². The summed E-state index contributed by atoms with van der Waals surface area (Å²) in [6.45, 7) is 3.37. The number of aromatic nitrogens is 1. The van der Waals surface area contributed by atoms with Gasteiger partial charge in [0, 0.05) is 19.3 Å². The number of pyridine rings is 1. The highest BCUT2D eigenvalue weighted by Gasteiger charge is 2.43. The molecular formula is C22H25F3N2O6. The molecule has 2 fully saturated rings. The lowest BCUT2D eigenvalue weighted by Gasteiger charge is -2.38. The van der Waals surface area contributed by atoms with Gasteiger partial charge in [-0.15, -0.1) is 0 Å². The number of nitrogens with zero attached hydrogens (tertiary/aromatic N) is 2. The number of furan rings is 1. The summed E-state index contributed by atoms with van der Waals surface area (Å²) in [4.78, 5) is 27.4. The Hall–Kier alpha value is -2.92. The monoisotopic (exact) mass is 470 g/mol. The summed E-state index contributed by atoms with van der Waals surface area (Å²) in [5, 5.41) is 7.12. The van der Waals surface area contributed by atoms with Crippen molar-refractivity contribution in [3.8, 4) is 0 Å². The quantitative estimate of drug-likeness (QED) is 0.713.